The van der Waals surface area contributed by atoms with Crippen LogP contribution in [0.15, 0.2) is 33.6 Å². The maximum Gasteiger partial charge on any atom is 0.220 e. The molecule has 0 heterocycles. The first-order chi connectivity index (χ1) is 9.43. The van der Waals surface area contributed by atoms with Gasteiger partial charge in [0.25, 0.3) is 0 Å². The number of hydrogen-bond acceptors (Lipinski definition) is 3. The number of amides is 1. The molecule has 20 heavy (non-hydrogen) atoms. The number of carbonyl (C=O) groups excluding carboxylic acids is 1. The minimum absolute atomic E-state index is 0.0213. The molecule has 2 N–H and O–H groups in total. The van der Waals surface area contributed by atoms with Gasteiger partial charge in [-0.3, -0.25) is 4.79 Å². The molecule has 0 spiro atoms. The van der Waals surface area contributed by atoms with Crippen LogP contribution in [0.5, 0.6) is 0 Å². The highest BCUT2D eigenvalue weighted by Gasteiger charge is 2.20. The average Bonchev–Trinajstić information content (AvgIpc) is 2.39. The van der Waals surface area contributed by atoms with Gasteiger partial charge in [-0.1, -0.05) is 15.9 Å². The summed E-state index contributed by atoms with van der Waals surface area (Å²) in [4.78, 5) is 12.9. The quantitative estimate of drug-likeness (QED) is 0.552. The fraction of sp³-hybridized carbons (Fsp3) is 0.533. The number of thioether (sulfide) groups is 1. The van der Waals surface area contributed by atoms with Crippen molar-refractivity contribution in [3.63, 3.8) is 0 Å². The normalized spacial score (nSPS) is 11.4. The van der Waals surface area contributed by atoms with E-state index in [1.54, 1.807) is 11.8 Å². The first-order valence-electron chi connectivity index (χ1n) is 6.79. The Hall–Kier alpha value is -0.520. The molecule has 112 valence electrons. The Labute approximate surface area is 134 Å². The summed E-state index contributed by atoms with van der Waals surface area (Å²) in [6.45, 7) is 5.84. The highest BCUT2D eigenvalue weighted by Crippen LogP contribution is 2.32. The predicted molar refractivity (Wildman–Crippen MR) is 90.2 cm³/mol. The van der Waals surface area contributed by atoms with E-state index in [4.69, 9.17) is 0 Å². The summed E-state index contributed by atoms with van der Waals surface area (Å²) >= 11 is 5.21. The number of carbonyl (C=O) groups is 1. The summed E-state index contributed by atoms with van der Waals surface area (Å²) in [5.74, 6) is 0.129. The molecule has 5 heteroatoms. The Kier molecular flexibility index (Phi) is 7.62. The number of hydrogen-bond donors (Lipinski definition) is 2. The van der Waals surface area contributed by atoms with Gasteiger partial charge in [0.05, 0.1) is 0 Å². The van der Waals surface area contributed by atoms with Crippen LogP contribution in [0.2, 0.25) is 0 Å². The number of benzene rings is 1. The molecular formula is C15H23BrN2OS. The van der Waals surface area contributed by atoms with Crippen molar-refractivity contribution in [2.75, 3.05) is 20.1 Å². The van der Waals surface area contributed by atoms with Crippen LogP contribution in [0.3, 0.4) is 0 Å². The lowest BCUT2D eigenvalue weighted by Crippen LogP contribution is -2.36. The molecule has 1 aromatic carbocycles. The SMILES string of the molecule is CNCCCC(=O)NCC(C)(C)Sc1ccc(Br)cc1. The van der Waals surface area contributed by atoms with Crippen molar-refractivity contribution in [2.24, 2.45) is 0 Å². The molecule has 0 aliphatic rings. The van der Waals surface area contributed by atoms with E-state index in [0.29, 0.717) is 13.0 Å². The van der Waals surface area contributed by atoms with Crippen molar-refractivity contribution in [1.29, 1.82) is 0 Å². The predicted octanol–water partition coefficient (Wildman–Crippen LogP) is 3.44. The molecule has 0 unspecified atom stereocenters. The van der Waals surface area contributed by atoms with Gasteiger partial charge in [0.2, 0.25) is 5.91 Å². The Morgan fingerprint density at radius 2 is 1.95 bits per heavy atom. The van der Waals surface area contributed by atoms with Crippen molar-refractivity contribution in [2.45, 2.75) is 36.3 Å². The van der Waals surface area contributed by atoms with Crippen LogP contribution in [-0.4, -0.2) is 30.8 Å². The van der Waals surface area contributed by atoms with E-state index < -0.39 is 0 Å². The third-order valence-electron chi connectivity index (χ3n) is 2.75. The van der Waals surface area contributed by atoms with Crippen molar-refractivity contribution in [3.05, 3.63) is 28.7 Å². The maximum absolute atomic E-state index is 11.7. The molecule has 0 aliphatic carbocycles. The minimum Gasteiger partial charge on any atom is -0.355 e. The number of rotatable bonds is 8. The molecule has 0 aromatic heterocycles. The van der Waals surface area contributed by atoms with Crippen LogP contribution >= 0.6 is 27.7 Å². The average molecular weight is 359 g/mol. The molecule has 1 rings (SSSR count). The van der Waals surface area contributed by atoms with E-state index >= 15 is 0 Å². The molecule has 0 saturated heterocycles. The standard InChI is InChI=1S/C15H23BrN2OS/c1-15(2,11-18-14(19)5-4-10-17-3)20-13-8-6-12(16)7-9-13/h6-9,17H,4-5,10-11H2,1-3H3,(H,18,19). The number of nitrogens with one attached hydrogen (secondary N) is 2. The molecule has 3 nitrogen and oxygen atoms in total. The fourth-order valence-electron chi connectivity index (χ4n) is 1.68. The lowest BCUT2D eigenvalue weighted by Gasteiger charge is -2.24. The first kappa shape index (κ1) is 17.5. The van der Waals surface area contributed by atoms with Gasteiger partial charge < -0.3 is 10.6 Å². The minimum atomic E-state index is -0.0213. The summed E-state index contributed by atoms with van der Waals surface area (Å²) in [5.41, 5.74) is 0. The summed E-state index contributed by atoms with van der Waals surface area (Å²) in [6.07, 6.45) is 1.46. The van der Waals surface area contributed by atoms with Gasteiger partial charge in [-0.15, -0.1) is 11.8 Å². The Morgan fingerprint density at radius 3 is 2.55 bits per heavy atom. The van der Waals surface area contributed by atoms with E-state index in [9.17, 15) is 4.79 Å². The third-order valence-corrected chi connectivity index (χ3v) is 4.48. The van der Waals surface area contributed by atoms with Crippen LogP contribution < -0.4 is 10.6 Å². The first-order valence-corrected chi connectivity index (χ1v) is 8.40. The molecule has 1 amide bonds. The van der Waals surface area contributed by atoms with Gasteiger partial charge >= 0.3 is 0 Å². The van der Waals surface area contributed by atoms with E-state index in [2.05, 4.69) is 52.5 Å². The molecule has 0 saturated carbocycles. The summed E-state index contributed by atoms with van der Waals surface area (Å²) < 4.78 is 1.06. The zero-order chi connectivity index (χ0) is 15.0. The van der Waals surface area contributed by atoms with Gasteiger partial charge in [-0.05, 0) is 58.1 Å². The van der Waals surface area contributed by atoms with Crippen molar-refractivity contribution < 1.29 is 4.79 Å². The van der Waals surface area contributed by atoms with Crippen LogP contribution in [0.25, 0.3) is 0 Å². The highest BCUT2D eigenvalue weighted by molar-refractivity contribution is 9.10. The maximum atomic E-state index is 11.7. The summed E-state index contributed by atoms with van der Waals surface area (Å²) in [5, 5.41) is 6.06. The van der Waals surface area contributed by atoms with E-state index in [-0.39, 0.29) is 10.7 Å². The van der Waals surface area contributed by atoms with Crippen LogP contribution in [0.4, 0.5) is 0 Å². The summed E-state index contributed by atoms with van der Waals surface area (Å²) in [7, 11) is 1.90. The fourth-order valence-corrected chi connectivity index (χ4v) is 3.00. The highest BCUT2D eigenvalue weighted by atomic mass is 79.9. The zero-order valence-electron chi connectivity index (χ0n) is 12.3. The van der Waals surface area contributed by atoms with Gasteiger partial charge in [-0.2, -0.15) is 0 Å². The summed E-state index contributed by atoms with van der Waals surface area (Å²) in [6, 6.07) is 8.25. The Morgan fingerprint density at radius 1 is 1.30 bits per heavy atom. The zero-order valence-corrected chi connectivity index (χ0v) is 14.7. The van der Waals surface area contributed by atoms with E-state index in [1.165, 1.54) is 4.90 Å². The van der Waals surface area contributed by atoms with Crippen molar-refractivity contribution >= 4 is 33.6 Å². The monoisotopic (exact) mass is 358 g/mol. The molecule has 0 atom stereocenters. The van der Waals surface area contributed by atoms with Gasteiger partial charge in [0.15, 0.2) is 0 Å². The molecule has 0 fully saturated rings. The lowest BCUT2D eigenvalue weighted by molar-refractivity contribution is -0.121. The van der Waals surface area contributed by atoms with Gasteiger partial charge in [0, 0.05) is 27.1 Å². The molecular weight excluding hydrogens is 336 g/mol. The van der Waals surface area contributed by atoms with Crippen LogP contribution in [-0.2, 0) is 4.79 Å². The molecule has 0 radical (unpaired) electrons. The Balaban J connectivity index is 2.37. The molecule has 1 aromatic rings. The largest absolute Gasteiger partial charge is 0.355 e. The lowest BCUT2D eigenvalue weighted by atomic mass is 10.2. The number of halogens is 1. The van der Waals surface area contributed by atoms with Gasteiger partial charge in [-0.25, -0.2) is 0 Å². The van der Waals surface area contributed by atoms with Crippen molar-refractivity contribution in [3.8, 4) is 0 Å². The van der Waals surface area contributed by atoms with E-state index in [1.807, 2.05) is 19.2 Å². The Bertz CT molecular complexity index is 420. The molecule has 0 bridgehead atoms. The van der Waals surface area contributed by atoms with Crippen LogP contribution in [0.1, 0.15) is 26.7 Å². The van der Waals surface area contributed by atoms with E-state index in [0.717, 1.165) is 17.4 Å². The molecule has 0 aliphatic heterocycles. The third kappa shape index (κ3) is 7.31. The van der Waals surface area contributed by atoms with Crippen LogP contribution in [0, 0.1) is 0 Å². The van der Waals surface area contributed by atoms with Crippen molar-refractivity contribution in [1.82, 2.24) is 10.6 Å². The smallest absolute Gasteiger partial charge is 0.220 e. The van der Waals surface area contributed by atoms with Gasteiger partial charge in [0.1, 0.15) is 0 Å². The second-order valence-corrected chi connectivity index (χ2v) is 8.00. The topological polar surface area (TPSA) is 41.1 Å². The second kappa shape index (κ2) is 8.70. The second-order valence-electron chi connectivity index (χ2n) is 5.30.